The Morgan fingerprint density at radius 1 is 0.692 bits per heavy atom. The summed E-state index contributed by atoms with van der Waals surface area (Å²) in [7, 11) is 0. The Bertz CT molecular complexity index is 1780. The second-order valence-electron chi connectivity index (χ2n) is 9.65. The van der Waals surface area contributed by atoms with E-state index in [9.17, 15) is 0 Å². The van der Waals surface area contributed by atoms with Crippen LogP contribution in [-0.2, 0) is 6.42 Å². The van der Waals surface area contributed by atoms with Gasteiger partial charge in [0.15, 0.2) is 0 Å². The SMILES string of the molecule is C/C=C(\C=C/Cc1cccnc1)c1cc(Cl)cc(-c2c3ccccc3c(-c3ccccc3)c3ccccc23)c1. The van der Waals surface area contributed by atoms with Crippen molar-refractivity contribution in [3.63, 3.8) is 0 Å². The van der Waals surface area contributed by atoms with Gasteiger partial charge in [-0.25, -0.2) is 0 Å². The lowest BCUT2D eigenvalue weighted by molar-refractivity contribution is 1.19. The van der Waals surface area contributed by atoms with Crippen LogP contribution in [0.25, 0.3) is 49.4 Å². The highest BCUT2D eigenvalue weighted by Gasteiger charge is 2.17. The smallest absolute Gasteiger partial charge is 0.0418 e. The van der Waals surface area contributed by atoms with Gasteiger partial charge in [-0.15, -0.1) is 0 Å². The third-order valence-corrected chi connectivity index (χ3v) is 7.42. The number of rotatable bonds is 6. The van der Waals surface area contributed by atoms with Crippen molar-refractivity contribution in [2.75, 3.05) is 0 Å². The van der Waals surface area contributed by atoms with Gasteiger partial charge in [0.05, 0.1) is 0 Å². The molecule has 0 atom stereocenters. The molecule has 1 nitrogen and oxygen atoms in total. The fourth-order valence-electron chi connectivity index (χ4n) is 5.46. The molecule has 39 heavy (non-hydrogen) atoms. The highest BCUT2D eigenvalue weighted by molar-refractivity contribution is 6.31. The maximum Gasteiger partial charge on any atom is 0.0418 e. The van der Waals surface area contributed by atoms with Crippen LogP contribution >= 0.6 is 11.6 Å². The largest absolute Gasteiger partial charge is 0.264 e. The standard InChI is InChI=1S/C37H28ClN/c1-2-27(16-10-12-26-13-11-21-39-25-26)29-22-30(24-31(38)23-29)37-34-19-8-6-17-32(34)36(28-14-4-3-5-15-28)33-18-7-9-20-35(33)37/h2-11,13-25H,12H2,1H3/b16-10-,27-2+. The van der Waals surface area contributed by atoms with E-state index in [4.69, 9.17) is 11.6 Å². The van der Waals surface area contributed by atoms with Gasteiger partial charge in [-0.3, -0.25) is 4.98 Å². The van der Waals surface area contributed by atoms with Crippen LogP contribution in [0.3, 0.4) is 0 Å². The third-order valence-electron chi connectivity index (χ3n) is 7.20. The minimum absolute atomic E-state index is 0.725. The summed E-state index contributed by atoms with van der Waals surface area (Å²) in [6.07, 6.45) is 11.0. The van der Waals surface area contributed by atoms with E-state index < -0.39 is 0 Å². The van der Waals surface area contributed by atoms with Crippen molar-refractivity contribution in [1.29, 1.82) is 0 Å². The number of halogens is 1. The van der Waals surface area contributed by atoms with E-state index in [0.29, 0.717) is 0 Å². The predicted octanol–water partition coefficient (Wildman–Crippen LogP) is 10.6. The number of hydrogen-bond donors (Lipinski definition) is 0. The Morgan fingerprint density at radius 2 is 1.31 bits per heavy atom. The van der Waals surface area contributed by atoms with E-state index in [-0.39, 0.29) is 0 Å². The van der Waals surface area contributed by atoms with Gasteiger partial charge in [-0.1, -0.05) is 115 Å². The average Bonchev–Trinajstić information content (AvgIpc) is 2.98. The zero-order chi connectivity index (χ0) is 26.6. The molecule has 2 heteroatoms. The molecule has 0 fully saturated rings. The van der Waals surface area contributed by atoms with Crippen LogP contribution in [0.2, 0.25) is 5.02 Å². The Hall–Kier alpha value is -4.46. The molecule has 5 aromatic carbocycles. The fraction of sp³-hybridized carbons (Fsp3) is 0.0541. The minimum atomic E-state index is 0.725. The molecule has 0 amide bonds. The van der Waals surface area contributed by atoms with E-state index in [2.05, 4.69) is 133 Å². The maximum atomic E-state index is 6.80. The summed E-state index contributed by atoms with van der Waals surface area (Å²) in [5.74, 6) is 0. The lowest BCUT2D eigenvalue weighted by Gasteiger charge is -2.18. The van der Waals surface area contributed by atoms with Gasteiger partial charge >= 0.3 is 0 Å². The summed E-state index contributed by atoms with van der Waals surface area (Å²) >= 11 is 6.80. The van der Waals surface area contributed by atoms with Crippen LogP contribution in [0, 0.1) is 0 Å². The molecule has 0 saturated carbocycles. The molecular formula is C37H28ClN. The number of hydrogen-bond acceptors (Lipinski definition) is 1. The molecule has 0 unspecified atom stereocenters. The molecule has 0 bridgehead atoms. The van der Waals surface area contributed by atoms with E-state index in [1.165, 1.54) is 43.8 Å². The van der Waals surface area contributed by atoms with Gasteiger partial charge in [0, 0.05) is 17.4 Å². The lowest BCUT2D eigenvalue weighted by Crippen LogP contribution is -1.92. The molecule has 6 aromatic rings. The topological polar surface area (TPSA) is 12.9 Å². The quantitative estimate of drug-likeness (QED) is 0.157. The van der Waals surface area contributed by atoms with Gasteiger partial charge in [0.1, 0.15) is 0 Å². The predicted molar refractivity (Wildman–Crippen MR) is 168 cm³/mol. The first kappa shape index (κ1) is 24.9. The Labute approximate surface area is 234 Å². The molecule has 6 rings (SSSR count). The molecule has 0 spiro atoms. The Balaban J connectivity index is 1.53. The molecule has 0 aliphatic carbocycles. The average molecular weight is 522 g/mol. The molecule has 1 heterocycles. The number of fused-ring (bicyclic) bond motifs is 2. The number of nitrogens with zero attached hydrogens (tertiary/aromatic N) is 1. The van der Waals surface area contributed by atoms with Crippen molar-refractivity contribution in [3.8, 4) is 22.3 Å². The monoisotopic (exact) mass is 521 g/mol. The number of aromatic nitrogens is 1. The molecule has 0 radical (unpaired) electrons. The summed E-state index contributed by atoms with van der Waals surface area (Å²) in [5, 5.41) is 5.64. The highest BCUT2D eigenvalue weighted by Crippen LogP contribution is 2.44. The third kappa shape index (κ3) is 5.02. The zero-order valence-electron chi connectivity index (χ0n) is 21.8. The van der Waals surface area contributed by atoms with Gasteiger partial charge in [-0.05, 0) is 98.1 Å². The molecular weight excluding hydrogens is 494 g/mol. The van der Waals surface area contributed by atoms with Gasteiger partial charge in [0.25, 0.3) is 0 Å². The van der Waals surface area contributed by atoms with Gasteiger partial charge in [0.2, 0.25) is 0 Å². The number of pyridine rings is 1. The Morgan fingerprint density at radius 3 is 1.90 bits per heavy atom. The van der Waals surface area contributed by atoms with Crippen LogP contribution in [0.1, 0.15) is 18.1 Å². The van der Waals surface area contributed by atoms with Crippen molar-refractivity contribution >= 4 is 38.7 Å². The molecule has 1 aromatic heterocycles. The van der Waals surface area contributed by atoms with Crippen molar-refractivity contribution in [2.45, 2.75) is 13.3 Å². The van der Waals surface area contributed by atoms with Crippen molar-refractivity contribution in [2.24, 2.45) is 0 Å². The van der Waals surface area contributed by atoms with Crippen LogP contribution < -0.4 is 0 Å². The summed E-state index contributed by atoms with van der Waals surface area (Å²) in [6, 6.07) is 38.6. The fourth-order valence-corrected chi connectivity index (χ4v) is 5.69. The zero-order valence-corrected chi connectivity index (χ0v) is 22.6. The van der Waals surface area contributed by atoms with Crippen LogP contribution in [-0.4, -0.2) is 4.98 Å². The first-order chi connectivity index (χ1) is 19.2. The van der Waals surface area contributed by atoms with Crippen LogP contribution in [0.5, 0.6) is 0 Å². The minimum Gasteiger partial charge on any atom is -0.264 e. The van der Waals surface area contributed by atoms with Crippen LogP contribution in [0.15, 0.2) is 140 Å². The highest BCUT2D eigenvalue weighted by atomic mass is 35.5. The van der Waals surface area contributed by atoms with Crippen molar-refractivity contribution in [3.05, 3.63) is 156 Å². The van der Waals surface area contributed by atoms with E-state index >= 15 is 0 Å². The maximum absolute atomic E-state index is 6.80. The first-order valence-electron chi connectivity index (χ1n) is 13.2. The van der Waals surface area contributed by atoms with Gasteiger partial charge in [-0.2, -0.15) is 0 Å². The van der Waals surface area contributed by atoms with E-state index in [1.54, 1.807) is 6.20 Å². The van der Waals surface area contributed by atoms with Crippen LogP contribution in [0.4, 0.5) is 0 Å². The molecule has 0 aliphatic rings. The molecule has 0 N–H and O–H groups in total. The summed E-state index contributed by atoms with van der Waals surface area (Å²) < 4.78 is 0. The number of benzene rings is 5. The second kappa shape index (κ2) is 11.1. The van der Waals surface area contributed by atoms with Gasteiger partial charge < -0.3 is 0 Å². The summed E-state index contributed by atoms with van der Waals surface area (Å²) in [6.45, 7) is 2.07. The molecule has 0 saturated heterocycles. The van der Waals surface area contributed by atoms with Crippen molar-refractivity contribution < 1.29 is 0 Å². The Kier molecular flexibility index (Phi) is 7.08. The van der Waals surface area contributed by atoms with E-state index in [0.717, 1.165) is 28.1 Å². The molecule has 188 valence electrons. The summed E-state index contributed by atoms with van der Waals surface area (Å²) in [4.78, 5) is 4.23. The first-order valence-corrected chi connectivity index (χ1v) is 13.6. The molecule has 0 aliphatic heterocycles. The lowest BCUT2D eigenvalue weighted by atomic mass is 9.85. The number of allylic oxidation sites excluding steroid dienone is 4. The normalized spacial score (nSPS) is 12.0. The van der Waals surface area contributed by atoms with Crippen molar-refractivity contribution in [1.82, 2.24) is 4.98 Å². The summed E-state index contributed by atoms with van der Waals surface area (Å²) in [5.41, 5.74) is 8.23. The second-order valence-corrected chi connectivity index (χ2v) is 10.1. The van der Waals surface area contributed by atoms with E-state index in [1.807, 2.05) is 12.3 Å².